The van der Waals surface area contributed by atoms with Gasteiger partial charge in [-0.25, -0.2) is 0 Å². The van der Waals surface area contributed by atoms with Crippen LogP contribution in [-0.4, -0.2) is 12.0 Å². The molecule has 0 fully saturated rings. The van der Waals surface area contributed by atoms with Gasteiger partial charge in [0.15, 0.2) is 0 Å². The lowest BCUT2D eigenvalue weighted by Gasteiger charge is -2.19. The van der Waals surface area contributed by atoms with Crippen LogP contribution < -0.4 is 10.6 Å². The lowest BCUT2D eigenvalue weighted by molar-refractivity contribution is 0.912. The third-order valence-electron chi connectivity index (χ3n) is 2.73. The van der Waals surface area contributed by atoms with Gasteiger partial charge in [-0.3, -0.25) is 4.98 Å². The molecule has 0 aliphatic rings. The zero-order valence-electron chi connectivity index (χ0n) is 10.0. The van der Waals surface area contributed by atoms with E-state index in [9.17, 15) is 0 Å². The Balaban J connectivity index is 2.10. The minimum atomic E-state index is 0.588. The Morgan fingerprint density at radius 1 is 1.18 bits per heavy atom. The zero-order valence-corrected chi connectivity index (χ0v) is 10.0. The number of nitrogens with two attached hydrogens (primary N) is 1. The van der Waals surface area contributed by atoms with Crippen LogP contribution in [0, 0.1) is 0 Å². The van der Waals surface area contributed by atoms with Crippen LogP contribution in [0.2, 0.25) is 0 Å². The molecule has 0 radical (unpaired) electrons. The van der Waals surface area contributed by atoms with Crippen LogP contribution in [0.4, 0.5) is 5.69 Å². The minimum Gasteiger partial charge on any atom is -0.369 e. The Hall–Kier alpha value is -1.87. The Morgan fingerprint density at radius 2 is 2.00 bits per heavy atom. The summed E-state index contributed by atoms with van der Waals surface area (Å²) in [6, 6.07) is 12.4. The van der Waals surface area contributed by atoms with Crippen molar-refractivity contribution in [2.45, 2.75) is 13.1 Å². The van der Waals surface area contributed by atoms with Crippen molar-refractivity contribution in [3.8, 4) is 0 Å². The normalized spacial score (nSPS) is 10.2. The van der Waals surface area contributed by atoms with Crippen molar-refractivity contribution in [2.24, 2.45) is 5.73 Å². The van der Waals surface area contributed by atoms with E-state index in [0.717, 1.165) is 12.2 Å². The largest absolute Gasteiger partial charge is 0.369 e. The molecule has 0 amide bonds. The van der Waals surface area contributed by atoms with Gasteiger partial charge >= 0.3 is 0 Å². The van der Waals surface area contributed by atoms with E-state index in [1.54, 1.807) is 6.20 Å². The van der Waals surface area contributed by atoms with E-state index >= 15 is 0 Å². The van der Waals surface area contributed by atoms with Gasteiger partial charge < -0.3 is 10.6 Å². The van der Waals surface area contributed by atoms with Gasteiger partial charge in [-0.15, -0.1) is 0 Å². The predicted molar refractivity (Wildman–Crippen MR) is 70.7 cm³/mol. The van der Waals surface area contributed by atoms with Gasteiger partial charge in [0.05, 0.1) is 11.9 Å². The lowest BCUT2D eigenvalue weighted by atomic mass is 10.1. The van der Waals surface area contributed by atoms with Crippen molar-refractivity contribution in [3.63, 3.8) is 0 Å². The molecule has 88 valence electrons. The van der Waals surface area contributed by atoms with Gasteiger partial charge in [-0.05, 0) is 23.3 Å². The van der Waals surface area contributed by atoms with Gasteiger partial charge in [0.1, 0.15) is 0 Å². The summed E-state index contributed by atoms with van der Waals surface area (Å²) in [7, 11) is 2.06. The number of pyridine rings is 1. The van der Waals surface area contributed by atoms with Crippen LogP contribution in [-0.2, 0) is 13.1 Å². The number of nitrogens with zero attached hydrogens (tertiary/aromatic N) is 2. The lowest BCUT2D eigenvalue weighted by Crippen LogP contribution is -2.16. The van der Waals surface area contributed by atoms with Crippen molar-refractivity contribution in [1.29, 1.82) is 0 Å². The summed E-state index contributed by atoms with van der Waals surface area (Å²) in [4.78, 5) is 6.29. The van der Waals surface area contributed by atoms with E-state index in [2.05, 4.69) is 41.2 Å². The van der Waals surface area contributed by atoms with Crippen molar-refractivity contribution in [3.05, 3.63) is 59.9 Å². The molecule has 0 aliphatic carbocycles. The summed E-state index contributed by atoms with van der Waals surface area (Å²) in [5.41, 5.74) is 9.19. The van der Waals surface area contributed by atoms with Gasteiger partial charge in [0.25, 0.3) is 0 Å². The van der Waals surface area contributed by atoms with Crippen molar-refractivity contribution < 1.29 is 0 Å². The van der Waals surface area contributed by atoms with Crippen LogP contribution in [0.3, 0.4) is 0 Å². The van der Waals surface area contributed by atoms with Gasteiger partial charge in [-0.1, -0.05) is 24.3 Å². The number of hydrogen-bond acceptors (Lipinski definition) is 3. The van der Waals surface area contributed by atoms with Gasteiger partial charge in [-0.2, -0.15) is 0 Å². The molecule has 0 atom stereocenters. The summed E-state index contributed by atoms with van der Waals surface area (Å²) in [5.74, 6) is 0. The molecule has 0 unspecified atom stereocenters. The maximum atomic E-state index is 5.64. The topological polar surface area (TPSA) is 42.1 Å². The summed E-state index contributed by atoms with van der Waals surface area (Å²) in [6.45, 7) is 1.45. The Morgan fingerprint density at radius 3 is 2.71 bits per heavy atom. The molecule has 0 saturated carbocycles. The average Bonchev–Trinajstić information content (AvgIpc) is 2.40. The number of rotatable bonds is 4. The van der Waals surface area contributed by atoms with E-state index in [1.807, 2.05) is 18.3 Å². The van der Waals surface area contributed by atoms with E-state index in [1.165, 1.54) is 11.1 Å². The fourth-order valence-corrected chi connectivity index (χ4v) is 1.80. The van der Waals surface area contributed by atoms with Crippen LogP contribution in [0.25, 0.3) is 0 Å². The first-order valence-electron chi connectivity index (χ1n) is 5.68. The number of aromatic nitrogens is 1. The number of benzene rings is 1. The standard InChI is InChI=1S/C14H17N3/c1-17(14-6-3-7-16-10-14)11-13-5-2-4-12(8-13)9-15/h2-8,10H,9,11,15H2,1H3. The fraction of sp³-hybridized carbons (Fsp3) is 0.214. The Bertz CT molecular complexity index is 468. The molecule has 3 nitrogen and oxygen atoms in total. The second kappa shape index (κ2) is 5.46. The molecule has 2 aromatic rings. The van der Waals surface area contributed by atoms with E-state index in [0.29, 0.717) is 6.54 Å². The monoisotopic (exact) mass is 227 g/mol. The third-order valence-corrected chi connectivity index (χ3v) is 2.73. The molecule has 0 spiro atoms. The predicted octanol–water partition coefficient (Wildman–Crippen LogP) is 2.18. The molecule has 2 rings (SSSR count). The van der Waals surface area contributed by atoms with Crippen LogP contribution >= 0.6 is 0 Å². The minimum absolute atomic E-state index is 0.588. The van der Waals surface area contributed by atoms with Gasteiger partial charge in [0, 0.05) is 26.3 Å². The smallest absolute Gasteiger partial charge is 0.0553 e. The molecule has 1 aromatic heterocycles. The first-order valence-corrected chi connectivity index (χ1v) is 5.68. The van der Waals surface area contributed by atoms with Crippen LogP contribution in [0.15, 0.2) is 48.8 Å². The fourth-order valence-electron chi connectivity index (χ4n) is 1.80. The first-order chi connectivity index (χ1) is 8.29. The maximum absolute atomic E-state index is 5.64. The molecule has 0 saturated heterocycles. The van der Waals surface area contributed by atoms with Gasteiger partial charge in [0.2, 0.25) is 0 Å². The summed E-state index contributed by atoms with van der Waals surface area (Å²) in [5, 5.41) is 0. The van der Waals surface area contributed by atoms with Crippen LogP contribution in [0.1, 0.15) is 11.1 Å². The summed E-state index contributed by atoms with van der Waals surface area (Å²) < 4.78 is 0. The van der Waals surface area contributed by atoms with Crippen molar-refractivity contribution in [1.82, 2.24) is 4.98 Å². The van der Waals surface area contributed by atoms with E-state index < -0.39 is 0 Å². The first kappa shape index (κ1) is 11.6. The van der Waals surface area contributed by atoms with E-state index in [-0.39, 0.29) is 0 Å². The molecule has 1 heterocycles. The molecular weight excluding hydrogens is 210 g/mol. The third kappa shape index (κ3) is 3.04. The molecule has 0 aliphatic heterocycles. The quantitative estimate of drug-likeness (QED) is 0.870. The average molecular weight is 227 g/mol. The molecule has 3 heteroatoms. The highest BCUT2D eigenvalue weighted by molar-refractivity contribution is 5.43. The number of hydrogen-bond donors (Lipinski definition) is 1. The highest BCUT2D eigenvalue weighted by atomic mass is 15.1. The second-order valence-electron chi connectivity index (χ2n) is 4.09. The SMILES string of the molecule is CN(Cc1cccc(CN)c1)c1cccnc1. The summed E-state index contributed by atoms with van der Waals surface area (Å²) in [6.07, 6.45) is 3.65. The second-order valence-corrected chi connectivity index (χ2v) is 4.09. The van der Waals surface area contributed by atoms with Crippen LogP contribution in [0.5, 0.6) is 0 Å². The number of anilines is 1. The molecule has 1 aromatic carbocycles. The Kier molecular flexibility index (Phi) is 3.73. The molecule has 2 N–H and O–H groups in total. The zero-order chi connectivity index (χ0) is 12.1. The Labute approximate surface area is 102 Å². The van der Waals surface area contributed by atoms with E-state index in [4.69, 9.17) is 5.73 Å². The van der Waals surface area contributed by atoms with Crippen molar-refractivity contribution >= 4 is 5.69 Å². The molecule has 0 bridgehead atoms. The molecule has 17 heavy (non-hydrogen) atoms. The van der Waals surface area contributed by atoms with Crippen molar-refractivity contribution in [2.75, 3.05) is 11.9 Å². The highest BCUT2D eigenvalue weighted by Crippen LogP contribution is 2.14. The maximum Gasteiger partial charge on any atom is 0.0553 e. The molecular formula is C14H17N3. The summed E-state index contributed by atoms with van der Waals surface area (Å²) >= 11 is 0. The highest BCUT2D eigenvalue weighted by Gasteiger charge is 2.02.